The fourth-order valence-corrected chi connectivity index (χ4v) is 4.32. The van der Waals surface area contributed by atoms with E-state index in [2.05, 4.69) is 20.4 Å². The number of nitrogens with zero attached hydrogens (tertiary/aromatic N) is 4. The molecule has 5 nitrogen and oxygen atoms in total. The van der Waals surface area contributed by atoms with E-state index >= 15 is 0 Å². The van der Waals surface area contributed by atoms with Gasteiger partial charge in [-0.25, -0.2) is 4.39 Å². The third-order valence-corrected chi connectivity index (χ3v) is 5.61. The van der Waals surface area contributed by atoms with Crippen LogP contribution < -0.4 is 15.5 Å². The van der Waals surface area contributed by atoms with Crippen LogP contribution in [0.25, 0.3) is 0 Å². The molecule has 6 heteroatoms. The van der Waals surface area contributed by atoms with Crippen molar-refractivity contribution in [3.8, 4) is 6.07 Å². The highest BCUT2D eigenvalue weighted by molar-refractivity contribution is 5.69. The highest BCUT2D eigenvalue weighted by Gasteiger charge is 2.28. The molecule has 1 aromatic heterocycles. The molecule has 0 atom stereocenters. The average Bonchev–Trinajstić information content (AvgIpc) is 3.30. The molecular weight excluding hydrogens is 329 g/mol. The zero-order valence-corrected chi connectivity index (χ0v) is 14.9. The number of benzene rings is 1. The number of halogens is 1. The minimum Gasteiger partial charge on any atom is -0.396 e. The quantitative estimate of drug-likeness (QED) is 0.917. The summed E-state index contributed by atoms with van der Waals surface area (Å²) in [6.07, 6.45) is 4.66. The van der Waals surface area contributed by atoms with Crippen LogP contribution in [0.1, 0.15) is 37.4 Å². The molecule has 1 saturated carbocycles. The van der Waals surface area contributed by atoms with E-state index in [0.29, 0.717) is 17.4 Å². The summed E-state index contributed by atoms with van der Waals surface area (Å²) >= 11 is 0. The van der Waals surface area contributed by atoms with Crippen LogP contribution in [0, 0.1) is 17.1 Å². The van der Waals surface area contributed by atoms with Crippen LogP contribution in [-0.2, 0) is 0 Å². The van der Waals surface area contributed by atoms with Crippen LogP contribution in [0.5, 0.6) is 0 Å². The maximum absolute atomic E-state index is 13.1. The Balaban J connectivity index is 1.55. The number of nitrogen functional groups attached to an aromatic ring is 1. The number of hydrogen-bond acceptors (Lipinski definition) is 4. The first kappa shape index (κ1) is 16.8. The smallest absolute Gasteiger partial charge is 0.133 e. The molecule has 1 aliphatic carbocycles. The van der Waals surface area contributed by atoms with Gasteiger partial charge in [-0.3, -0.25) is 0 Å². The van der Waals surface area contributed by atoms with E-state index < -0.39 is 0 Å². The van der Waals surface area contributed by atoms with Crippen LogP contribution >= 0.6 is 0 Å². The zero-order chi connectivity index (χ0) is 18.1. The average molecular weight is 353 g/mol. The van der Waals surface area contributed by atoms with Gasteiger partial charge >= 0.3 is 0 Å². The molecule has 4 rings (SSSR count). The Bertz CT molecular complexity index is 806. The van der Waals surface area contributed by atoms with Gasteiger partial charge in [0.05, 0.1) is 5.69 Å². The van der Waals surface area contributed by atoms with Crippen molar-refractivity contribution in [2.24, 2.45) is 0 Å². The van der Waals surface area contributed by atoms with Gasteiger partial charge in [-0.05, 0) is 43.2 Å². The number of aromatic nitrogens is 1. The van der Waals surface area contributed by atoms with Crippen LogP contribution in [0.2, 0.25) is 0 Å². The summed E-state index contributed by atoms with van der Waals surface area (Å²) in [5.41, 5.74) is 8.72. The van der Waals surface area contributed by atoms with Crippen molar-refractivity contribution in [2.75, 3.05) is 41.7 Å². The first-order valence-electron chi connectivity index (χ1n) is 9.33. The summed E-state index contributed by atoms with van der Waals surface area (Å²) in [6.45, 7) is 3.37. The fourth-order valence-electron chi connectivity index (χ4n) is 4.32. The SMILES string of the molecule is N#Cc1cc(N)c(N2CCN(c3ccc(F)cc3)CC2)n1C1CCCC1. The molecular formula is C20H24FN5. The Morgan fingerprint density at radius 1 is 1.00 bits per heavy atom. The molecule has 1 saturated heterocycles. The van der Waals surface area contributed by atoms with Crippen molar-refractivity contribution in [3.05, 3.63) is 41.8 Å². The van der Waals surface area contributed by atoms with E-state index in [1.165, 1.54) is 25.0 Å². The number of piperazine rings is 1. The molecule has 1 aliphatic heterocycles. The molecule has 1 aromatic carbocycles. The first-order chi connectivity index (χ1) is 12.7. The van der Waals surface area contributed by atoms with Crippen molar-refractivity contribution in [3.63, 3.8) is 0 Å². The lowest BCUT2D eigenvalue weighted by molar-refractivity contribution is 0.506. The maximum atomic E-state index is 13.1. The zero-order valence-electron chi connectivity index (χ0n) is 14.9. The van der Waals surface area contributed by atoms with Crippen molar-refractivity contribution in [1.29, 1.82) is 5.26 Å². The summed E-state index contributed by atoms with van der Waals surface area (Å²) in [6, 6.07) is 11.2. The topological polar surface area (TPSA) is 61.2 Å². The summed E-state index contributed by atoms with van der Waals surface area (Å²) in [5, 5.41) is 9.54. The van der Waals surface area contributed by atoms with Gasteiger partial charge < -0.3 is 20.1 Å². The van der Waals surface area contributed by atoms with Crippen LogP contribution in [0.15, 0.2) is 30.3 Å². The van der Waals surface area contributed by atoms with E-state index in [1.807, 2.05) is 18.2 Å². The van der Waals surface area contributed by atoms with Gasteiger partial charge in [0.25, 0.3) is 0 Å². The number of nitrogens with two attached hydrogens (primary N) is 1. The normalized spacial score (nSPS) is 18.3. The summed E-state index contributed by atoms with van der Waals surface area (Å²) < 4.78 is 15.3. The molecule has 26 heavy (non-hydrogen) atoms. The van der Waals surface area contributed by atoms with Crippen LogP contribution in [0.3, 0.4) is 0 Å². The van der Waals surface area contributed by atoms with E-state index in [0.717, 1.165) is 50.5 Å². The molecule has 2 heterocycles. The van der Waals surface area contributed by atoms with Crippen molar-refractivity contribution in [2.45, 2.75) is 31.7 Å². The predicted octanol–water partition coefficient (Wildman–Crippen LogP) is 3.52. The molecule has 0 amide bonds. The van der Waals surface area contributed by atoms with E-state index in [9.17, 15) is 9.65 Å². The largest absolute Gasteiger partial charge is 0.396 e. The second-order valence-electron chi connectivity index (χ2n) is 7.18. The molecule has 0 bridgehead atoms. The lowest BCUT2D eigenvalue weighted by Gasteiger charge is -2.38. The van der Waals surface area contributed by atoms with E-state index in [-0.39, 0.29) is 5.82 Å². The van der Waals surface area contributed by atoms with Gasteiger partial charge in [0, 0.05) is 37.9 Å². The first-order valence-corrected chi connectivity index (χ1v) is 9.33. The van der Waals surface area contributed by atoms with Gasteiger partial charge in [0.2, 0.25) is 0 Å². The molecule has 0 radical (unpaired) electrons. The third kappa shape index (κ3) is 2.98. The number of rotatable bonds is 3. The molecule has 2 fully saturated rings. The Morgan fingerprint density at radius 3 is 2.23 bits per heavy atom. The predicted molar refractivity (Wildman–Crippen MR) is 102 cm³/mol. The molecule has 0 spiro atoms. The van der Waals surface area contributed by atoms with Crippen LogP contribution in [0.4, 0.5) is 21.6 Å². The van der Waals surface area contributed by atoms with Crippen molar-refractivity contribution in [1.82, 2.24) is 4.57 Å². The highest BCUT2D eigenvalue weighted by atomic mass is 19.1. The van der Waals surface area contributed by atoms with E-state index in [1.54, 1.807) is 0 Å². The Kier molecular flexibility index (Phi) is 4.46. The monoisotopic (exact) mass is 353 g/mol. The molecule has 2 aliphatic rings. The molecule has 0 unspecified atom stereocenters. The highest BCUT2D eigenvalue weighted by Crippen LogP contribution is 2.39. The van der Waals surface area contributed by atoms with Crippen molar-refractivity contribution >= 4 is 17.2 Å². The van der Waals surface area contributed by atoms with Gasteiger partial charge in [-0.2, -0.15) is 5.26 Å². The Labute approximate surface area is 153 Å². The molecule has 2 N–H and O–H groups in total. The van der Waals surface area contributed by atoms with Gasteiger partial charge in [-0.15, -0.1) is 0 Å². The van der Waals surface area contributed by atoms with Gasteiger partial charge in [0.15, 0.2) is 0 Å². The fraction of sp³-hybridized carbons (Fsp3) is 0.450. The summed E-state index contributed by atoms with van der Waals surface area (Å²) in [5.74, 6) is 0.797. The van der Waals surface area contributed by atoms with Crippen molar-refractivity contribution < 1.29 is 4.39 Å². The minimum atomic E-state index is -0.210. The Morgan fingerprint density at radius 2 is 1.62 bits per heavy atom. The number of anilines is 3. The molecule has 2 aromatic rings. The lowest BCUT2D eigenvalue weighted by atomic mass is 10.2. The second kappa shape index (κ2) is 6.91. The molecule has 136 valence electrons. The summed E-state index contributed by atoms with van der Waals surface area (Å²) in [7, 11) is 0. The summed E-state index contributed by atoms with van der Waals surface area (Å²) in [4.78, 5) is 4.56. The number of hydrogen-bond donors (Lipinski definition) is 1. The minimum absolute atomic E-state index is 0.210. The second-order valence-corrected chi connectivity index (χ2v) is 7.18. The van der Waals surface area contributed by atoms with Crippen LogP contribution in [-0.4, -0.2) is 30.7 Å². The van der Waals surface area contributed by atoms with E-state index in [4.69, 9.17) is 5.73 Å². The maximum Gasteiger partial charge on any atom is 0.133 e. The standard InChI is InChI=1S/C20H24FN5/c21-15-5-7-16(8-6-15)24-9-11-25(12-10-24)20-19(23)13-18(14-22)26(20)17-3-1-2-4-17/h5-8,13,17H,1-4,9-12,23H2. The van der Waals surface area contributed by atoms with Gasteiger partial charge in [0.1, 0.15) is 23.4 Å². The Hall–Kier alpha value is -2.68. The third-order valence-electron chi connectivity index (χ3n) is 5.61. The number of nitriles is 1. The van der Waals surface area contributed by atoms with Gasteiger partial charge in [-0.1, -0.05) is 12.8 Å². The lowest BCUT2D eigenvalue weighted by Crippen LogP contribution is -2.47.